The van der Waals surface area contributed by atoms with Crippen molar-refractivity contribution in [1.82, 2.24) is 5.32 Å². The quantitative estimate of drug-likeness (QED) is 0.851. The van der Waals surface area contributed by atoms with Gasteiger partial charge < -0.3 is 10.1 Å². The van der Waals surface area contributed by atoms with E-state index in [1.165, 1.54) is 5.56 Å². The summed E-state index contributed by atoms with van der Waals surface area (Å²) in [5, 5.41) is 7.04. The Morgan fingerprint density at radius 3 is 2.75 bits per heavy atom. The summed E-state index contributed by atoms with van der Waals surface area (Å²) in [4.78, 5) is 11.9. The third-order valence-electron chi connectivity index (χ3n) is 3.01. The number of hydrogen-bond donors (Lipinski definition) is 1. The van der Waals surface area contributed by atoms with Crippen LogP contribution in [0, 0.1) is 0 Å². The molecule has 0 saturated heterocycles. The molecule has 0 saturated carbocycles. The molecule has 2 aromatic rings. The molecule has 1 aromatic heterocycles. The molecule has 2 rings (SSSR count). The lowest BCUT2D eigenvalue weighted by Crippen LogP contribution is -2.35. The van der Waals surface area contributed by atoms with Crippen molar-refractivity contribution in [3.8, 4) is 0 Å². The van der Waals surface area contributed by atoms with Gasteiger partial charge >= 0.3 is 0 Å². The molecule has 1 N–H and O–H groups in total. The minimum absolute atomic E-state index is 0.0591. The normalized spacial score (nSPS) is 12.1. The van der Waals surface area contributed by atoms with Gasteiger partial charge in [0.25, 0.3) is 0 Å². The Morgan fingerprint density at radius 1 is 1.25 bits per heavy atom. The first-order valence-electron chi connectivity index (χ1n) is 6.70. The lowest BCUT2D eigenvalue weighted by molar-refractivity contribution is -0.132. The number of amides is 1. The van der Waals surface area contributed by atoms with Crippen LogP contribution in [0.4, 0.5) is 0 Å². The van der Waals surface area contributed by atoms with Crippen molar-refractivity contribution in [2.75, 3.05) is 6.54 Å². The van der Waals surface area contributed by atoms with Gasteiger partial charge in [-0.1, -0.05) is 30.3 Å². The number of thiophene rings is 1. The molecule has 0 aliphatic carbocycles. The van der Waals surface area contributed by atoms with Crippen LogP contribution in [0.5, 0.6) is 0 Å². The van der Waals surface area contributed by atoms with Gasteiger partial charge in [-0.2, -0.15) is 11.3 Å². The lowest BCUT2D eigenvalue weighted by Gasteiger charge is -2.13. The largest absolute Gasteiger partial charge is 0.364 e. The maximum Gasteiger partial charge on any atom is 0.248 e. The molecule has 0 aliphatic rings. The van der Waals surface area contributed by atoms with Crippen LogP contribution in [0.3, 0.4) is 0 Å². The fourth-order valence-corrected chi connectivity index (χ4v) is 2.48. The monoisotopic (exact) mass is 289 g/mol. The Labute approximate surface area is 123 Å². The Hall–Kier alpha value is -1.65. The van der Waals surface area contributed by atoms with Crippen molar-refractivity contribution < 1.29 is 9.53 Å². The highest BCUT2D eigenvalue weighted by atomic mass is 32.1. The van der Waals surface area contributed by atoms with Crippen LogP contribution in [-0.4, -0.2) is 18.6 Å². The standard InChI is InChI=1S/C16H19NO2S/c1-13(19-11-14-5-3-2-4-6-14)16(18)17-9-7-15-8-10-20-12-15/h2-6,8,10,12-13H,7,9,11H2,1H3,(H,17,18)/t13-/m0/s1. The summed E-state index contributed by atoms with van der Waals surface area (Å²) in [7, 11) is 0. The molecule has 1 atom stereocenters. The second-order valence-corrected chi connectivity index (χ2v) is 5.39. The number of hydrogen-bond acceptors (Lipinski definition) is 3. The maximum atomic E-state index is 11.9. The second-order valence-electron chi connectivity index (χ2n) is 4.61. The molecule has 0 fully saturated rings. The number of carbonyl (C=O) groups is 1. The van der Waals surface area contributed by atoms with Crippen LogP contribution < -0.4 is 5.32 Å². The molecule has 20 heavy (non-hydrogen) atoms. The molecule has 0 aliphatic heterocycles. The van der Waals surface area contributed by atoms with Gasteiger partial charge in [-0.3, -0.25) is 4.79 Å². The van der Waals surface area contributed by atoms with E-state index >= 15 is 0 Å². The van der Waals surface area contributed by atoms with E-state index in [0.717, 1.165) is 12.0 Å². The van der Waals surface area contributed by atoms with E-state index in [2.05, 4.69) is 16.8 Å². The van der Waals surface area contributed by atoms with E-state index in [1.807, 2.05) is 35.7 Å². The SMILES string of the molecule is C[C@H](OCc1ccccc1)C(=O)NCCc1ccsc1. The molecular formula is C16H19NO2S. The van der Waals surface area contributed by atoms with Crippen molar-refractivity contribution in [1.29, 1.82) is 0 Å². The van der Waals surface area contributed by atoms with Gasteiger partial charge in [0, 0.05) is 6.54 Å². The van der Waals surface area contributed by atoms with Gasteiger partial charge in [0.05, 0.1) is 6.61 Å². The summed E-state index contributed by atoms with van der Waals surface area (Å²) in [5.41, 5.74) is 2.33. The minimum atomic E-state index is -0.433. The van der Waals surface area contributed by atoms with Crippen molar-refractivity contribution in [2.24, 2.45) is 0 Å². The highest BCUT2D eigenvalue weighted by molar-refractivity contribution is 7.07. The van der Waals surface area contributed by atoms with Gasteiger partial charge in [0.15, 0.2) is 0 Å². The van der Waals surface area contributed by atoms with E-state index in [1.54, 1.807) is 18.3 Å². The van der Waals surface area contributed by atoms with Gasteiger partial charge in [-0.25, -0.2) is 0 Å². The third-order valence-corrected chi connectivity index (χ3v) is 3.74. The van der Waals surface area contributed by atoms with Gasteiger partial charge in [0.2, 0.25) is 5.91 Å². The number of ether oxygens (including phenoxy) is 1. The highest BCUT2D eigenvalue weighted by Crippen LogP contribution is 2.06. The molecule has 3 nitrogen and oxygen atoms in total. The second kappa shape index (κ2) is 7.82. The number of carbonyl (C=O) groups excluding carboxylic acids is 1. The highest BCUT2D eigenvalue weighted by Gasteiger charge is 2.12. The summed E-state index contributed by atoms with van der Waals surface area (Å²) >= 11 is 1.67. The Balaban J connectivity index is 1.66. The zero-order valence-corrected chi connectivity index (χ0v) is 12.4. The summed E-state index contributed by atoms with van der Waals surface area (Å²) in [5.74, 6) is -0.0591. The number of rotatable bonds is 7. The van der Waals surface area contributed by atoms with Gasteiger partial charge in [0.1, 0.15) is 6.10 Å². The van der Waals surface area contributed by atoms with Crippen molar-refractivity contribution in [3.63, 3.8) is 0 Å². The van der Waals surface area contributed by atoms with Gasteiger partial charge in [-0.05, 0) is 41.3 Å². The Kier molecular flexibility index (Phi) is 5.77. The smallest absolute Gasteiger partial charge is 0.248 e. The summed E-state index contributed by atoms with van der Waals surface area (Å²) in [6.45, 7) is 2.89. The molecule has 1 aromatic carbocycles. The first-order valence-corrected chi connectivity index (χ1v) is 7.64. The van der Waals surface area contributed by atoms with Crippen molar-refractivity contribution >= 4 is 17.2 Å². The molecule has 1 amide bonds. The van der Waals surface area contributed by atoms with Crippen molar-refractivity contribution in [2.45, 2.75) is 26.1 Å². The molecule has 0 bridgehead atoms. The predicted molar refractivity (Wildman–Crippen MR) is 81.7 cm³/mol. The van der Waals surface area contributed by atoms with E-state index in [-0.39, 0.29) is 5.91 Å². The summed E-state index contributed by atoms with van der Waals surface area (Å²) < 4.78 is 5.57. The van der Waals surface area contributed by atoms with Crippen LogP contribution in [0.25, 0.3) is 0 Å². The van der Waals surface area contributed by atoms with Crippen LogP contribution in [0.2, 0.25) is 0 Å². The molecule has 0 radical (unpaired) electrons. The van der Waals surface area contributed by atoms with E-state index in [0.29, 0.717) is 13.2 Å². The minimum Gasteiger partial charge on any atom is -0.364 e. The third kappa shape index (κ3) is 4.79. The van der Waals surface area contributed by atoms with Crippen LogP contribution in [0.15, 0.2) is 47.2 Å². The fraction of sp³-hybridized carbons (Fsp3) is 0.312. The van der Waals surface area contributed by atoms with Gasteiger partial charge in [-0.15, -0.1) is 0 Å². The van der Waals surface area contributed by atoms with E-state index < -0.39 is 6.10 Å². The fourth-order valence-electron chi connectivity index (χ4n) is 1.78. The van der Waals surface area contributed by atoms with Crippen LogP contribution in [0.1, 0.15) is 18.1 Å². The molecule has 106 valence electrons. The van der Waals surface area contributed by atoms with Crippen LogP contribution >= 0.6 is 11.3 Å². The zero-order chi connectivity index (χ0) is 14.2. The average molecular weight is 289 g/mol. The molecule has 1 heterocycles. The summed E-state index contributed by atoms with van der Waals surface area (Å²) in [6, 6.07) is 11.9. The number of benzene rings is 1. The lowest BCUT2D eigenvalue weighted by atomic mass is 10.2. The van der Waals surface area contributed by atoms with E-state index in [9.17, 15) is 4.79 Å². The topological polar surface area (TPSA) is 38.3 Å². The first kappa shape index (κ1) is 14.8. The number of nitrogens with one attached hydrogen (secondary N) is 1. The Morgan fingerprint density at radius 2 is 2.05 bits per heavy atom. The Bertz CT molecular complexity index is 511. The maximum absolute atomic E-state index is 11.9. The summed E-state index contributed by atoms with van der Waals surface area (Å²) in [6.07, 6.45) is 0.429. The molecule has 0 spiro atoms. The molecule has 0 unspecified atom stereocenters. The molecule has 4 heteroatoms. The first-order chi connectivity index (χ1) is 9.75. The molecular weight excluding hydrogens is 270 g/mol. The van der Waals surface area contributed by atoms with Crippen molar-refractivity contribution in [3.05, 3.63) is 58.3 Å². The van der Waals surface area contributed by atoms with E-state index in [4.69, 9.17) is 4.74 Å². The predicted octanol–water partition coefficient (Wildman–Crippen LogP) is 3.01. The zero-order valence-electron chi connectivity index (χ0n) is 11.5. The van der Waals surface area contributed by atoms with Crippen LogP contribution in [-0.2, 0) is 22.6 Å². The average Bonchev–Trinajstić information content (AvgIpc) is 2.99.